The lowest BCUT2D eigenvalue weighted by Crippen LogP contribution is -2.03. The number of nitrogens with one attached hydrogen (secondary N) is 1. The van der Waals surface area contributed by atoms with Crippen molar-refractivity contribution in [3.8, 4) is 6.07 Å². The number of Topliss-reactive ketones (excluding diaryl/α,β-unsaturated/α-hetero) is 1. The van der Waals surface area contributed by atoms with E-state index in [1.54, 1.807) is 30.3 Å². The second kappa shape index (κ2) is 6.50. The molecular weight excluding hydrogens is 282 g/mol. The number of hydrogen-bond acceptors (Lipinski definition) is 5. The average molecular weight is 295 g/mol. The zero-order valence-electron chi connectivity index (χ0n) is 11.9. The summed E-state index contributed by atoms with van der Waals surface area (Å²) >= 11 is 0. The Morgan fingerprint density at radius 2 is 1.95 bits per heavy atom. The standard InChI is InChI=1S/C16H13N3O3/c1-11(20)13-4-5-14(9-17)16(8-13)18-10-12-2-6-15(7-3-12)19(21)22/h2-8,18H,10H2,1H3. The largest absolute Gasteiger partial charge is 0.380 e. The van der Waals surface area contributed by atoms with Gasteiger partial charge in [0.1, 0.15) is 6.07 Å². The number of ketones is 1. The van der Waals surface area contributed by atoms with E-state index in [0.717, 1.165) is 5.56 Å². The zero-order chi connectivity index (χ0) is 16.1. The number of non-ortho nitro benzene ring substituents is 1. The molecule has 0 amide bonds. The first kappa shape index (κ1) is 15.2. The van der Waals surface area contributed by atoms with Crippen LogP contribution in [0.1, 0.15) is 28.4 Å². The lowest BCUT2D eigenvalue weighted by atomic mass is 10.1. The predicted octanol–water partition coefficient (Wildman–Crippen LogP) is 3.28. The first-order valence-electron chi connectivity index (χ1n) is 6.53. The van der Waals surface area contributed by atoms with Crippen molar-refractivity contribution in [1.29, 1.82) is 5.26 Å². The molecule has 6 nitrogen and oxygen atoms in total. The Kier molecular flexibility index (Phi) is 4.49. The fourth-order valence-electron chi connectivity index (χ4n) is 1.94. The van der Waals surface area contributed by atoms with Gasteiger partial charge in [-0.3, -0.25) is 14.9 Å². The van der Waals surface area contributed by atoms with Crippen LogP contribution in [0.5, 0.6) is 0 Å². The van der Waals surface area contributed by atoms with Gasteiger partial charge in [-0.15, -0.1) is 0 Å². The molecule has 0 fully saturated rings. The van der Waals surface area contributed by atoms with Gasteiger partial charge in [-0.2, -0.15) is 5.26 Å². The molecule has 0 aliphatic rings. The summed E-state index contributed by atoms with van der Waals surface area (Å²) in [7, 11) is 0. The van der Waals surface area contributed by atoms with E-state index in [1.165, 1.54) is 19.1 Å². The quantitative estimate of drug-likeness (QED) is 0.518. The minimum absolute atomic E-state index is 0.0278. The molecule has 0 atom stereocenters. The van der Waals surface area contributed by atoms with Crippen LogP contribution in [0, 0.1) is 21.4 Å². The number of hydrogen-bond donors (Lipinski definition) is 1. The van der Waals surface area contributed by atoms with Crippen molar-refractivity contribution in [2.45, 2.75) is 13.5 Å². The molecule has 0 spiro atoms. The zero-order valence-corrected chi connectivity index (χ0v) is 11.9. The summed E-state index contributed by atoms with van der Waals surface area (Å²) in [6, 6.07) is 13.0. The lowest BCUT2D eigenvalue weighted by molar-refractivity contribution is -0.384. The minimum atomic E-state index is -0.457. The second-order valence-corrected chi connectivity index (χ2v) is 4.71. The van der Waals surface area contributed by atoms with Crippen LogP contribution in [0.25, 0.3) is 0 Å². The highest BCUT2D eigenvalue weighted by Crippen LogP contribution is 2.19. The first-order valence-corrected chi connectivity index (χ1v) is 6.53. The molecule has 0 unspecified atom stereocenters. The molecule has 0 aliphatic carbocycles. The first-order chi connectivity index (χ1) is 10.5. The van der Waals surface area contributed by atoms with E-state index < -0.39 is 4.92 Å². The number of benzene rings is 2. The average Bonchev–Trinajstić information content (AvgIpc) is 2.52. The van der Waals surface area contributed by atoms with Crippen LogP contribution in [-0.2, 0) is 6.54 Å². The number of carbonyl (C=O) groups is 1. The van der Waals surface area contributed by atoms with Crippen molar-refractivity contribution in [1.82, 2.24) is 0 Å². The van der Waals surface area contributed by atoms with Gasteiger partial charge in [-0.05, 0) is 30.7 Å². The Morgan fingerprint density at radius 1 is 1.27 bits per heavy atom. The van der Waals surface area contributed by atoms with Crippen LogP contribution in [0.3, 0.4) is 0 Å². The number of anilines is 1. The van der Waals surface area contributed by atoms with Crippen molar-refractivity contribution < 1.29 is 9.72 Å². The topological polar surface area (TPSA) is 96.0 Å². The van der Waals surface area contributed by atoms with E-state index in [1.807, 2.05) is 0 Å². The summed E-state index contributed by atoms with van der Waals surface area (Å²) in [5, 5.41) is 22.8. The SMILES string of the molecule is CC(=O)c1ccc(C#N)c(NCc2ccc([N+](=O)[O-])cc2)c1. The normalized spacial score (nSPS) is 9.82. The summed E-state index contributed by atoms with van der Waals surface area (Å²) in [6.07, 6.45) is 0. The smallest absolute Gasteiger partial charge is 0.269 e. The number of rotatable bonds is 5. The molecule has 2 aromatic carbocycles. The lowest BCUT2D eigenvalue weighted by Gasteiger charge is -2.09. The Morgan fingerprint density at radius 3 is 2.50 bits per heavy atom. The highest BCUT2D eigenvalue weighted by Gasteiger charge is 2.07. The van der Waals surface area contributed by atoms with Crippen LogP contribution >= 0.6 is 0 Å². The summed E-state index contributed by atoms with van der Waals surface area (Å²) in [5.74, 6) is -0.0807. The van der Waals surface area contributed by atoms with E-state index in [9.17, 15) is 14.9 Å². The van der Waals surface area contributed by atoms with E-state index in [0.29, 0.717) is 23.4 Å². The fraction of sp³-hybridized carbons (Fsp3) is 0.125. The van der Waals surface area contributed by atoms with Gasteiger partial charge in [-0.25, -0.2) is 0 Å². The van der Waals surface area contributed by atoms with Crippen LogP contribution in [0.15, 0.2) is 42.5 Å². The summed E-state index contributed by atoms with van der Waals surface area (Å²) < 4.78 is 0. The third-order valence-corrected chi connectivity index (χ3v) is 3.18. The monoisotopic (exact) mass is 295 g/mol. The van der Waals surface area contributed by atoms with Crippen molar-refractivity contribution in [3.05, 3.63) is 69.3 Å². The molecule has 0 heterocycles. The van der Waals surface area contributed by atoms with Crippen LogP contribution in [0.4, 0.5) is 11.4 Å². The molecule has 0 aliphatic heterocycles. The van der Waals surface area contributed by atoms with Gasteiger partial charge in [0, 0.05) is 24.2 Å². The van der Waals surface area contributed by atoms with E-state index >= 15 is 0 Å². The highest BCUT2D eigenvalue weighted by molar-refractivity contribution is 5.95. The maximum absolute atomic E-state index is 11.4. The third kappa shape index (κ3) is 3.46. The molecule has 2 aromatic rings. The fourth-order valence-corrected chi connectivity index (χ4v) is 1.94. The third-order valence-electron chi connectivity index (χ3n) is 3.18. The maximum Gasteiger partial charge on any atom is 0.269 e. The van der Waals surface area contributed by atoms with E-state index in [-0.39, 0.29) is 11.5 Å². The second-order valence-electron chi connectivity index (χ2n) is 4.71. The molecule has 110 valence electrons. The number of nitrogens with zero attached hydrogens (tertiary/aromatic N) is 2. The molecule has 0 aromatic heterocycles. The van der Waals surface area contributed by atoms with Gasteiger partial charge in [0.05, 0.1) is 16.2 Å². The van der Waals surface area contributed by atoms with Crippen molar-refractivity contribution in [2.75, 3.05) is 5.32 Å². The summed E-state index contributed by atoms with van der Waals surface area (Å²) in [6.45, 7) is 1.86. The highest BCUT2D eigenvalue weighted by atomic mass is 16.6. The van der Waals surface area contributed by atoms with E-state index in [2.05, 4.69) is 11.4 Å². The van der Waals surface area contributed by atoms with Gasteiger partial charge in [0.15, 0.2) is 5.78 Å². The molecule has 1 N–H and O–H groups in total. The Labute approximate surface area is 127 Å². The number of carbonyl (C=O) groups excluding carboxylic acids is 1. The summed E-state index contributed by atoms with van der Waals surface area (Å²) in [5.41, 5.74) is 2.38. The van der Waals surface area contributed by atoms with Crippen LogP contribution in [0.2, 0.25) is 0 Å². The molecule has 0 radical (unpaired) electrons. The maximum atomic E-state index is 11.4. The number of nitro benzene ring substituents is 1. The van der Waals surface area contributed by atoms with Gasteiger partial charge in [0.25, 0.3) is 5.69 Å². The molecule has 6 heteroatoms. The van der Waals surface area contributed by atoms with Gasteiger partial charge in [0.2, 0.25) is 0 Å². The van der Waals surface area contributed by atoms with Gasteiger partial charge in [-0.1, -0.05) is 12.1 Å². The summed E-state index contributed by atoms with van der Waals surface area (Å²) in [4.78, 5) is 21.5. The van der Waals surface area contributed by atoms with Crippen LogP contribution < -0.4 is 5.32 Å². The van der Waals surface area contributed by atoms with Crippen molar-refractivity contribution in [2.24, 2.45) is 0 Å². The molecule has 0 bridgehead atoms. The minimum Gasteiger partial charge on any atom is -0.380 e. The molecular formula is C16H13N3O3. The molecule has 0 saturated heterocycles. The van der Waals surface area contributed by atoms with Crippen LogP contribution in [-0.4, -0.2) is 10.7 Å². The number of nitriles is 1. The van der Waals surface area contributed by atoms with Crippen molar-refractivity contribution in [3.63, 3.8) is 0 Å². The number of nitro groups is 1. The molecule has 22 heavy (non-hydrogen) atoms. The van der Waals surface area contributed by atoms with Gasteiger partial charge >= 0.3 is 0 Å². The molecule has 2 rings (SSSR count). The molecule has 0 saturated carbocycles. The Hall–Kier alpha value is -3.20. The van der Waals surface area contributed by atoms with E-state index in [4.69, 9.17) is 5.26 Å². The Balaban J connectivity index is 2.17. The predicted molar refractivity (Wildman–Crippen MR) is 81.6 cm³/mol. The van der Waals surface area contributed by atoms with Crippen molar-refractivity contribution >= 4 is 17.2 Å². The van der Waals surface area contributed by atoms with Gasteiger partial charge < -0.3 is 5.32 Å². The Bertz CT molecular complexity index is 761.